The van der Waals surface area contributed by atoms with Gasteiger partial charge in [0.05, 0.1) is 6.04 Å². The van der Waals surface area contributed by atoms with E-state index in [1.165, 1.54) is 6.92 Å². The van der Waals surface area contributed by atoms with E-state index in [9.17, 15) is 24.3 Å². The van der Waals surface area contributed by atoms with Crippen molar-refractivity contribution in [3.63, 3.8) is 0 Å². The van der Waals surface area contributed by atoms with Crippen LogP contribution in [0.15, 0.2) is 60.8 Å². The summed E-state index contributed by atoms with van der Waals surface area (Å²) in [5.74, 6) is -2.80. The second-order valence-corrected chi connectivity index (χ2v) is 10.2. The molecule has 3 amide bonds. The molecule has 0 aliphatic heterocycles. The highest BCUT2D eigenvalue weighted by atomic mass is 16.4. The number of carboxylic acid groups (broad SMARTS) is 1. The highest BCUT2D eigenvalue weighted by Gasteiger charge is 2.31. The SMILES string of the molecule is CC(C)C[C@H](NC(=O)[C@H](Cc1c[nH]c2ccccc12)NC(C)C(=O)O)C(=O)N[C@@H](Cc1ccccc1)C(N)=O. The van der Waals surface area contributed by atoms with Gasteiger partial charge >= 0.3 is 5.97 Å². The molecule has 1 unspecified atom stereocenters. The molecule has 4 atom stereocenters. The van der Waals surface area contributed by atoms with E-state index in [1.54, 1.807) is 6.20 Å². The number of aromatic amines is 1. The van der Waals surface area contributed by atoms with Crippen molar-refractivity contribution in [1.29, 1.82) is 0 Å². The summed E-state index contributed by atoms with van der Waals surface area (Å²) in [6, 6.07) is 12.9. The number of aromatic nitrogens is 1. The zero-order valence-electron chi connectivity index (χ0n) is 22.4. The van der Waals surface area contributed by atoms with Gasteiger partial charge in [0.15, 0.2) is 0 Å². The summed E-state index contributed by atoms with van der Waals surface area (Å²) < 4.78 is 0. The number of carbonyl (C=O) groups is 4. The summed E-state index contributed by atoms with van der Waals surface area (Å²) in [6.45, 7) is 5.28. The van der Waals surface area contributed by atoms with E-state index >= 15 is 0 Å². The van der Waals surface area contributed by atoms with Crippen LogP contribution >= 0.6 is 0 Å². The minimum atomic E-state index is -1.10. The van der Waals surface area contributed by atoms with E-state index in [4.69, 9.17) is 5.73 Å². The van der Waals surface area contributed by atoms with E-state index in [-0.39, 0.29) is 18.8 Å². The average Bonchev–Trinajstić information content (AvgIpc) is 3.30. The zero-order chi connectivity index (χ0) is 28.5. The Labute approximate surface area is 227 Å². The zero-order valence-corrected chi connectivity index (χ0v) is 22.4. The normalized spacial score (nSPS) is 14.4. The summed E-state index contributed by atoms with van der Waals surface area (Å²) in [5.41, 5.74) is 8.13. The van der Waals surface area contributed by atoms with Gasteiger partial charge in [0.25, 0.3) is 0 Å². The van der Waals surface area contributed by atoms with E-state index in [1.807, 2.05) is 68.4 Å². The number of fused-ring (bicyclic) bond motifs is 1. The van der Waals surface area contributed by atoms with Gasteiger partial charge < -0.3 is 26.5 Å². The Morgan fingerprint density at radius 3 is 2.10 bits per heavy atom. The number of hydrogen-bond acceptors (Lipinski definition) is 5. The minimum absolute atomic E-state index is 0.0418. The predicted octanol–water partition coefficient (Wildman–Crippen LogP) is 1.89. The minimum Gasteiger partial charge on any atom is -0.480 e. The lowest BCUT2D eigenvalue weighted by Crippen LogP contribution is -2.58. The van der Waals surface area contributed by atoms with Gasteiger partial charge in [-0.1, -0.05) is 62.4 Å². The number of rotatable bonds is 14. The van der Waals surface area contributed by atoms with E-state index in [2.05, 4.69) is 20.9 Å². The first-order valence-electron chi connectivity index (χ1n) is 13.0. The van der Waals surface area contributed by atoms with E-state index in [0.717, 1.165) is 22.0 Å². The highest BCUT2D eigenvalue weighted by Crippen LogP contribution is 2.19. The number of hydrogen-bond donors (Lipinski definition) is 6. The van der Waals surface area contributed by atoms with Gasteiger partial charge in [0.2, 0.25) is 17.7 Å². The van der Waals surface area contributed by atoms with Crippen LogP contribution in [0.4, 0.5) is 0 Å². The second-order valence-electron chi connectivity index (χ2n) is 10.2. The Kier molecular flexibility index (Phi) is 10.2. The topological polar surface area (TPSA) is 166 Å². The number of nitrogens with one attached hydrogen (secondary N) is 4. The lowest BCUT2D eigenvalue weighted by molar-refractivity contribution is -0.139. The summed E-state index contributed by atoms with van der Waals surface area (Å²) >= 11 is 0. The Bertz CT molecular complexity index is 1290. The number of benzene rings is 2. The molecule has 0 saturated carbocycles. The summed E-state index contributed by atoms with van der Waals surface area (Å²) in [6.07, 6.45) is 2.51. The van der Waals surface area contributed by atoms with Crippen molar-refractivity contribution in [2.45, 2.75) is 64.2 Å². The fourth-order valence-electron chi connectivity index (χ4n) is 4.44. The van der Waals surface area contributed by atoms with Crippen molar-refractivity contribution in [2.24, 2.45) is 11.7 Å². The quantitative estimate of drug-likeness (QED) is 0.184. The molecule has 3 aromatic rings. The van der Waals surface area contributed by atoms with E-state index in [0.29, 0.717) is 6.42 Å². The predicted molar refractivity (Wildman–Crippen MR) is 149 cm³/mol. The molecular formula is C29H37N5O5. The van der Waals surface area contributed by atoms with Crippen LogP contribution in [0.25, 0.3) is 10.9 Å². The molecule has 1 heterocycles. The van der Waals surface area contributed by atoms with Crippen LogP contribution in [0.2, 0.25) is 0 Å². The van der Waals surface area contributed by atoms with Crippen LogP contribution in [-0.2, 0) is 32.0 Å². The molecule has 0 bridgehead atoms. The first-order valence-corrected chi connectivity index (χ1v) is 13.0. The third kappa shape index (κ3) is 8.41. The molecule has 3 rings (SSSR count). The Morgan fingerprint density at radius 1 is 0.846 bits per heavy atom. The monoisotopic (exact) mass is 535 g/mol. The smallest absolute Gasteiger partial charge is 0.320 e. The molecule has 0 aliphatic rings. The molecule has 39 heavy (non-hydrogen) atoms. The van der Waals surface area contributed by atoms with Gasteiger partial charge in [-0.3, -0.25) is 24.5 Å². The number of primary amides is 1. The third-order valence-corrected chi connectivity index (χ3v) is 6.52. The van der Waals surface area contributed by atoms with Crippen molar-refractivity contribution < 1.29 is 24.3 Å². The average molecular weight is 536 g/mol. The van der Waals surface area contributed by atoms with Crippen molar-refractivity contribution in [3.05, 3.63) is 71.9 Å². The maximum Gasteiger partial charge on any atom is 0.320 e. The molecule has 0 fully saturated rings. The van der Waals surface area contributed by atoms with Crippen molar-refractivity contribution >= 4 is 34.6 Å². The van der Waals surface area contributed by atoms with Gasteiger partial charge in [-0.25, -0.2) is 0 Å². The summed E-state index contributed by atoms with van der Waals surface area (Å²) in [7, 11) is 0. The highest BCUT2D eigenvalue weighted by molar-refractivity contribution is 5.93. The number of aliphatic carboxylic acids is 1. The number of para-hydroxylation sites is 1. The Balaban J connectivity index is 1.80. The van der Waals surface area contributed by atoms with Gasteiger partial charge in [0, 0.05) is 23.5 Å². The maximum absolute atomic E-state index is 13.5. The molecule has 0 radical (unpaired) electrons. The van der Waals surface area contributed by atoms with Crippen molar-refractivity contribution in [3.8, 4) is 0 Å². The molecule has 7 N–H and O–H groups in total. The number of amides is 3. The molecule has 208 valence electrons. The molecule has 0 saturated heterocycles. The first-order chi connectivity index (χ1) is 18.5. The van der Waals surface area contributed by atoms with Crippen LogP contribution in [0.1, 0.15) is 38.3 Å². The number of nitrogens with two attached hydrogens (primary N) is 1. The van der Waals surface area contributed by atoms with E-state index < -0.39 is 47.9 Å². The third-order valence-electron chi connectivity index (χ3n) is 6.52. The lowest BCUT2D eigenvalue weighted by Gasteiger charge is -2.26. The molecule has 10 heteroatoms. The summed E-state index contributed by atoms with van der Waals surface area (Å²) in [4.78, 5) is 53.7. The van der Waals surface area contributed by atoms with Crippen LogP contribution in [0.3, 0.4) is 0 Å². The Morgan fingerprint density at radius 2 is 1.46 bits per heavy atom. The lowest BCUT2D eigenvalue weighted by atomic mass is 9.99. The summed E-state index contributed by atoms with van der Waals surface area (Å²) in [5, 5.41) is 18.7. The molecule has 0 spiro atoms. The Hall–Kier alpha value is -4.18. The number of carboxylic acids is 1. The largest absolute Gasteiger partial charge is 0.480 e. The molecular weight excluding hydrogens is 498 g/mol. The van der Waals surface area contributed by atoms with Crippen LogP contribution in [0, 0.1) is 5.92 Å². The maximum atomic E-state index is 13.5. The van der Waals surface area contributed by atoms with Crippen molar-refractivity contribution in [2.75, 3.05) is 0 Å². The first kappa shape index (κ1) is 29.4. The van der Waals surface area contributed by atoms with Crippen LogP contribution < -0.4 is 21.7 Å². The molecule has 2 aromatic carbocycles. The standard InChI is InChI=1S/C29H37N5O5/c1-17(2)13-24(27(36)33-23(26(30)35)14-19-9-5-4-6-10-19)34-28(37)25(32-18(3)29(38)39)15-20-16-31-22-12-8-7-11-21(20)22/h4-12,16-18,23-25,31-32H,13-15H2,1-3H3,(H2,30,35)(H,33,36)(H,34,37)(H,38,39)/t18?,23-,24-,25-/m0/s1. The van der Waals surface area contributed by atoms with Gasteiger partial charge in [0.1, 0.15) is 18.1 Å². The molecule has 10 nitrogen and oxygen atoms in total. The number of H-pyrrole nitrogens is 1. The fourth-order valence-corrected chi connectivity index (χ4v) is 4.44. The van der Waals surface area contributed by atoms with Crippen LogP contribution in [0.5, 0.6) is 0 Å². The second kappa shape index (κ2) is 13.6. The number of carbonyl (C=O) groups excluding carboxylic acids is 3. The molecule has 1 aromatic heterocycles. The molecule has 0 aliphatic carbocycles. The van der Waals surface area contributed by atoms with Crippen LogP contribution in [-0.4, -0.2) is 57.9 Å². The van der Waals surface area contributed by atoms with Crippen molar-refractivity contribution in [1.82, 2.24) is 20.9 Å². The fraction of sp³-hybridized carbons (Fsp3) is 0.379. The van der Waals surface area contributed by atoms with Gasteiger partial charge in [-0.2, -0.15) is 0 Å². The van der Waals surface area contributed by atoms with Gasteiger partial charge in [-0.05, 0) is 42.9 Å². The van der Waals surface area contributed by atoms with Gasteiger partial charge in [-0.15, -0.1) is 0 Å².